The number of hydrogen-bond donors (Lipinski definition) is 0. The first-order chi connectivity index (χ1) is 6.97. The van der Waals surface area contributed by atoms with E-state index in [2.05, 4.69) is 47.8 Å². The van der Waals surface area contributed by atoms with Crippen LogP contribution in [-0.4, -0.2) is 14.3 Å². The number of benzene rings is 1. The van der Waals surface area contributed by atoms with Crippen LogP contribution in [0.3, 0.4) is 0 Å². The summed E-state index contributed by atoms with van der Waals surface area (Å²) in [6.07, 6.45) is 0.661. The van der Waals surface area contributed by atoms with Crippen LogP contribution in [0.4, 0.5) is 0 Å². The van der Waals surface area contributed by atoms with Gasteiger partial charge in [-0.05, 0) is 30.7 Å². The highest BCUT2D eigenvalue weighted by molar-refractivity contribution is 9.26. The third-order valence-corrected chi connectivity index (χ3v) is 4.01. The molecule has 5 heteroatoms. The first-order valence-corrected chi connectivity index (χ1v) is 7.30. The third kappa shape index (κ3) is 3.84. The second kappa shape index (κ2) is 5.80. The maximum atomic E-state index is 12.0. The summed E-state index contributed by atoms with van der Waals surface area (Å²) in [5.74, 6) is -0.00128. The zero-order chi connectivity index (χ0) is 11.5. The van der Waals surface area contributed by atoms with Gasteiger partial charge in [0.05, 0.1) is 0 Å². The van der Waals surface area contributed by atoms with Gasteiger partial charge in [-0.2, -0.15) is 0 Å². The molecule has 0 aromatic heterocycles. The molecule has 15 heavy (non-hydrogen) atoms. The highest BCUT2D eigenvalue weighted by Crippen LogP contribution is 2.34. The van der Waals surface area contributed by atoms with Crippen LogP contribution in [-0.2, 0) is 0 Å². The number of rotatable bonds is 4. The zero-order valence-corrected chi connectivity index (χ0v) is 13.2. The average molecular weight is 419 g/mol. The van der Waals surface area contributed by atoms with Crippen LogP contribution in [0.2, 0.25) is 5.02 Å². The van der Waals surface area contributed by atoms with Crippen molar-refractivity contribution in [3.8, 4) is 0 Å². The molecule has 0 fully saturated rings. The second-order valence-electron chi connectivity index (χ2n) is 2.98. The van der Waals surface area contributed by atoms with Gasteiger partial charge in [-0.15, -0.1) is 0 Å². The van der Waals surface area contributed by atoms with Gasteiger partial charge in [0, 0.05) is 15.9 Å². The lowest BCUT2D eigenvalue weighted by atomic mass is 10.1. The Labute approximate surface area is 119 Å². The minimum Gasteiger partial charge on any atom is -0.292 e. The molecule has 0 aliphatic rings. The third-order valence-electron chi connectivity index (χ3n) is 1.85. The van der Waals surface area contributed by atoms with Gasteiger partial charge in [0.25, 0.3) is 0 Å². The maximum absolute atomic E-state index is 12.0. The first-order valence-electron chi connectivity index (χ1n) is 4.21. The molecule has 0 aliphatic carbocycles. The molecule has 0 atom stereocenters. The van der Waals surface area contributed by atoms with E-state index >= 15 is 0 Å². The lowest BCUT2D eigenvalue weighted by Gasteiger charge is -2.17. The molecule has 82 valence electrons. The van der Waals surface area contributed by atoms with Gasteiger partial charge in [-0.25, -0.2) is 0 Å². The Balaban J connectivity index is 2.89. The standard InChI is InChI=1S/C10H8Br3ClO/c11-6-5-10(12,13)9(15)7-1-3-8(14)4-2-7/h1-4H,5-6H2. The monoisotopic (exact) mass is 416 g/mol. The summed E-state index contributed by atoms with van der Waals surface area (Å²) in [5.41, 5.74) is 0.633. The number of carbonyl (C=O) groups is 1. The van der Waals surface area contributed by atoms with Crippen LogP contribution in [0.5, 0.6) is 0 Å². The number of alkyl halides is 3. The predicted molar refractivity (Wildman–Crippen MR) is 74.8 cm³/mol. The highest BCUT2D eigenvalue weighted by Gasteiger charge is 2.32. The maximum Gasteiger partial charge on any atom is 0.190 e. The summed E-state index contributed by atoms with van der Waals surface area (Å²) < 4.78 is -0.697. The Morgan fingerprint density at radius 2 is 1.80 bits per heavy atom. The molecule has 0 saturated heterocycles. The van der Waals surface area contributed by atoms with Crippen molar-refractivity contribution in [2.45, 2.75) is 9.65 Å². The molecule has 1 rings (SSSR count). The van der Waals surface area contributed by atoms with Crippen LogP contribution < -0.4 is 0 Å². The van der Waals surface area contributed by atoms with E-state index in [1.807, 2.05) is 0 Å². The van der Waals surface area contributed by atoms with Gasteiger partial charge >= 0.3 is 0 Å². The molecule has 0 aliphatic heterocycles. The van der Waals surface area contributed by atoms with Crippen molar-refractivity contribution in [2.24, 2.45) is 0 Å². The normalized spacial score (nSPS) is 11.5. The van der Waals surface area contributed by atoms with E-state index in [1.165, 1.54) is 0 Å². The van der Waals surface area contributed by atoms with Crippen molar-refractivity contribution in [1.82, 2.24) is 0 Å². The number of Topliss-reactive ketones (excluding diaryl/α,β-unsaturated/α-hetero) is 1. The van der Waals surface area contributed by atoms with E-state index in [-0.39, 0.29) is 5.78 Å². The number of hydrogen-bond acceptors (Lipinski definition) is 1. The summed E-state index contributed by atoms with van der Waals surface area (Å²) >= 11 is 15.8. The van der Waals surface area contributed by atoms with Crippen LogP contribution in [0, 0.1) is 0 Å². The van der Waals surface area contributed by atoms with E-state index in [0.717, 1.165) is 5.33 Å². The lowest BCUT2D eigenvalue weighted by Crippen LogP contribution is -2.25. The summed E-state index contributed by atoms with van der Waals surface area (Å²) in [5, 5.41) is 1.37. The SMILES string of the molecule is O=C(c1ccc(Cl)cc1)C(Br)(Br)CCBr. The van der Waals surface area contributed by atoms with Crippen molar-refractivity contribution in [1.29, 1.82) is 0 Å². The highest BCUT2D eigenvalue weighted by atomic mass is 79.9. The van der Waals surface area contributed by atoms with Gasteiger partial charge in [0.1, 0.15) is 3.23 Å². The molecule has 1 aromatic carbocycles. The molecule has 0 bridgehead atoms. The van der Waals surface area contributed by atoms with Gasteiger partial charge < -0.3 is 0 Å². The molecule has 0 unspecified atom stereocenters. The van der Waals surface area contributed by atoms with Crippen molar-refractivity contribution in [3.05, 3.63) is 34.9 Å². The van der Waals surface area contributed by atoms with E-state index in [9.17, 15) is 4.79 Å². The van der Waals surface area contributed by atoms with Crippen molar-refractivity contribution >= 4 is 65.2 Å². The Bertz CT molecular complexity index is 348. The van der Waals surface area contributed by atoms with Crippen LogP contribution >= 0.6 is 59.4 Å². The Hall–Kier alpha value is 0.620. The summed E-state index contributed by atoms with van der Waals surface area (Å²) in [7, 11) is 0. The summed E-state index contributed by atoms with van der Waals surface area (Å²) in [6.45, 7) is 0. The second-order valence-corrected chi connectivity index (χ2v) is 7.98. The van der Waals surface area contributed by atoms with Crippen molar-refractivity contribution in [2.75, 3.05) is 5.33 Å². The van der Waals surface area contributed by atoms with E-state index in [0.29, 0.717) is 17.0 Å². The van der Waals surface area contributed by atoms with Crippen LogP contribution in [0.25, 0.3) is 0 Å². The van der Waals surface area contributed by atoms with Crippen LogP contribution in [0.15, 0.2) is 24.3 Å². The van der Waals surface area contributed by atoms with Gasteiger partial charge in [0.15, 0.2) is 5.78 Å². The molecular formula is C10H8Br3ClO. The molecule has 0 heterocycles. The van der Waals surface area contributed by atoms with E-state index in [4.69, 9.17) is 11.6 Å². The zero-order valence-electron chi connectivity index (χ0n) is 7.64. The Kier molecular flexibility index (Phi) is 5.29. The van der Waals surface area contributed by atoms with E-state index < -0.39 is 3.23 Å². The fourth-order valence-corrected chi connectivity index (χ4v) is 3.68. The quantitative estimate of drug-likeness (QED) is 0.507. The molecule has 0 saturated carbocycles. The first kappa shape index (κ1) is 13.7. The summed E-state index contributed by atoms with van der Waals surface area (Å²) in [4.78, 5) is 12.0. The molecule has 0 spiro atoms. The average Bonchev–Trinajstić information content (AvgIpc) is 2.18. The largest absolute Gasteiger partial charge is 0.292 e. The minimum absolute atomic E-state index is 0.00128. The van der Waals surface area contributed by atoms with Crippen molar-refractivity contribution in [3.63, 3.8) is 0 Å². The Morgan fingerprint density at radius 3 is 2.27 bits per heavy atom. The molecule has 0 N–H and O–H groups in total. The number of carbonyl (C=O) groups excluding carboxylic acids is 1. The molecule has 1 nitrogen and oxygen atoms in total. The predicted octanol–water partition coefficient (Wildman–Crippen LogP) is 4.79. The Morgan fingerprint density at radius 1 is 1.27 bits per heavy atom. The fourth-order valence-electron chi connectivity index (χ4n) is 1.04. The lowest BCUT2D eigenvalue weighted by molar-refractivity contribution is 0.0982. The van der Waals surface area contributed by atoms with E-state index in [1.54, 1.807) is 24.3 Å². The topological polar surface area (TPSA) is 17.1 Å². The number of halogens is 4. The molecular weight excluding hydrogens is 411 g/mol. The van der Waals surface area contributed by atoms with Gasteiger partial charge in [-0.1, -0.05) is 59.4 Å². The smallest absolute Gasteiger partial charge is 0.190 e. The van der Waals surface area contributed by atoms with Gasteiger partial charge in [0.2, 0.25) is 0 Å². The minimum atomic E-state index is -0.697. The molecule has 1 aromatic rings. The fraction of sp³-hybridized carbons (Fsp3) is 0.300. The number of ketones is 1. The molecule has 0 amide bonds. The molecule has 0 radical (unpaired) electrons. The van der Waals surface area contributed by atoms with Crippen molar-refractivity contribution < 1.29 is 4.79 Å². The van der Waals surface area contributed by atoms with Gasteiger partial charge in [-0.3, -0.25) is 4.79 Å². The van der Waals surface area contributed by atoms with Crippen LogP contribution in [0.1, 0.15) is 16.8 Å². The summed E-state index contributed by atoms with van der Waals surface area (Å²) in [6, 6.07) is 6.85.